The average molecular weight is 396 g/mol. The van der Waals surface area contributed by atoms with Crippen molar-refractivity contribution in [2.75, 3.05) is 5.32 Å². The number of nitrogens with one attached hydrogen (secondary N) is 1. The van der Waals surface area contributed by atoms with E-state index in [-0.39, 0.29) is 29.6 Å². The number of carbonyl (C=O) groups excluding carboxylic acids is 2. The van der Waals surface area contributed by atoms with E-state index in [2.05, 4.69) is 21.2 Å². The maximum Gasteiger partial charge on any atom is 0.293 e. The van der Waals surface area contributed by atoms with Crippen LogP contribution in [0.15, 0.2) is 22.7 Å². The Labute approximate surface area is 147 Å². The second-order valence-corrected chi connectivity index (χ2v) is 7.14. The number of benzene rings is 1. The normalized spacial score (nSPS) is 24.3. The number of carbonyl (C=O) groups is 2. The van der Waals surface area contributed by atoms with Gasteiger partial charge in [-0.05, 0) is 37.8 Å². The fourth-order valence-electron chi connectivity index (χ4n) is 3.48. The van der Waals surface area contributed by atoms with E-state index in [4.69, 9.17) is 0 Å². The first kappa shape index (κ1) is 16.9. The van der Waals surface area contributed by atoms with E-state index < -0.39 is 4.92 Å². The van der Waals surface area contributed by atoms with E-state index in [1.54, 1.807) is 12.1 Å². The van der Waals surface area contributed by atoms with Crippen molar-refractivity contribution < 1.29 is 14.5 Å². The van der Waals surface area contributed by atoms with Gasteiger partial charge < -0.3 is 5.32 Å². The molecule has 0 unspecified atom stereocenters. The lowest BCUT2D eigenvalue weighted by Crippen LogP contribution is -2.43. The average Bonchev–Trinajstić information content (AvgIpc) is 2.89. The molecule has 1 aromatic rings. The monoisotopic (exact) mass is 395 g/mol. The van der Waals surface area contributed by atoms with Gasteiger partial charge in [0.25, 0.3) is 5.69 Å². The number of imide groups is 1. The van der Waals surface area contributed by atoms with Crippen molar-refractivity contribution in [3.8, 4) is 0 Å². The van der Waals surface area contributed by atoms with Crippen molar-refractivity contribution in [1.82, 2.24) is 4.90 Å². The Hall–Kier alpha value is -1.96. The van der Waals surface area contributed by atoms with Gasteiger partial charge in [-0.1, -0.05) is 15.9 Å². The van der Waals surface area contributed by atoms with Crippen LogP contribution in [-0.2, 0) is 9.59 Å². The van der Waals surface area contributed by atoms with E-state index in [0.717, 1.165) is 25.7 Å². The second-order valence-electron chi connectivity index (χ2n) is 6.23. The van der Waals surface area contributed by atoms with Gasteiger partial charge in [-0.15, -0.1) is 0 Å². The van der Waals surface area contributed by atoms with Gasteiger partial charge in [0, 0.05) is 35.5 Å². The molecular formula is C16H18BrN3O4. The number of rotatable bonds is 4. The summed E-state index contributed by atoms with van der Waals surface area (Å²) in [5.74, 6) is -0.139. The van der Waals surface area contributed by atoms with Crippen molar-refractivity contribution in [2.24, 2.45) is 0 Å². The largest absolute Gasteiger partial charge is 0.377 e. The molecule has 0 aromatic heterocycles. The predicted octanol–water partition coefficient (Wildman–Crippen LogP) is 3.23. The molecule has 7 nitrogen and oxygen atoms in total. The Morgan fingerprint density at radius 2 is 1.75 bits per heavy atom. The van der Waals surface area contributed by atoms with Crippen LogP contribution in [0.3, 0.4) is 0 Å². The third kappa shape index (κ3) is 3.43. The summed E-state index contributed by atoms with van der Waals surface area (Å²) < 4.78 is 0.662. The topological polar surface area (TPSA) is 92.6 Å². The number of nitrogens with zero attached hydrogens (tertiary/aromatic N) is 2. The summed E-state index contributed by atoms with van der Waals surface area (Å²) >= 11 is 3.24. The maximum atomic E-state index is 11.8. The Bertz CT molecular complexity index is 670. The highest BCUT2D eigenvalue weighted by atomic mass is 79.9. The molecule has 1 N–H and O–H groups in total. The number of nitro benzene ring substituents is 1. The van der Waals surface area contributed by atoms with Crippen LogP contribution in [0.1, 0.15) is 38.5 Å². The Kier molecular flexibility index (Phi) is 4.84. The minimum Gasteiger partial charge on any atom is -0.377 e. The molecule has 2 aliphatic rings. The molecule has 24 heavy (non-hydrogen) atoms. The van der Waals surface area contributed by atoms with Gasteiger partial charge in [0.15, 0.2) is 0 Å². The summed E-state index contributed by atoms with van der Waals surface area (Å²) in [4.78, 5) is 35.8. The van der Waals surface area contributed by atoms with Gasteiger partial charge in [0.1, 0.15) is 5.69 Å². The quantitative estimate of drug-likeness (QED) is 0.479. The van der Waals surface area contributed by atoms with Crippen molar-refractivity contribution in [1.29, 1.82) is 0 Å². The summed E-state index contributed by atoms with van der Waals surface area (Å²) in [6, 6.07) is 5.03. The third-order valence-electron chi connectivity index (χ3n) is 4.67. The highest BCUT2D eigenvalue weighted by Crippen LogP contribution is 2.32. The van der Waals surface area contributed by atoms with Gasteiger partial charge in [0.2, 0.25) is 11.8 Å². The lowest BCUT2D eigenvalue weighted by Gasteiger charge is -2.34. The van der Waals surface area contributed by atoms with Crippen LogP contribution in [0, 0.1) is 10.1 Å². The molecule has 2 amide bonds. The summed E-state index contributed by atoms with van der Waals surface area (Å²) in [5, 5.41) is 14.4. The van der Waals surface area contributed by atoms with Crippen molar-refractivity contribution in [2.45, 2.75) is 50.6 Å². The van der Waals surface area contributed by atoms with Crippen LogP contribution >= 0.6 is 15.9 Å². The number of hydrogen-bond acceptors (Lipinski definition) is 5. The van der Waals surface area contributed by atoms with Crippen LogP contribution in [0.25, 0.3) is 0 Å². The smallest absolute Gasteiger partial charge is 0.293 e. The molecule has 1 saturated carbocycles. The van der Waals surface area contributed by atoms with E-state index >= 15 is 0 Å². The van der Waals surface area contributed by atoms with Crippen LogP contribution < -0.4 is 5.32 Å². The number of likely N-dealkylation sites (tertiary alicyclic amines) is 1. The molecule has 1 aliphatic heterocycles. The van der Waals surface area contributed by atoms with Crippen LogP contribution in [-0.4, -0.2) is 33.7 Å². The van der Waals surface area contributed by atoms with Gasteiger partial charge in [-0.2, -0.15) is 0 Å². The van der Waals surface area contributed by atoms with Gasteiger partial charge in [-0.25, -0.2) is 0 Å². The Morgan fingerprint density at radius 3 is 2.33 bits per heavy atom. The number of nitro groups is 1. The first-order valence-electron chi connectivity index (χ1n) is 8.01. The van der Waals surface area contributed by atoms with Gasteiger partial charge in [0.05, 0.1) is 4.92 Å². The molecule has 3 rings (SSSR count). The summed E-state index contributed by atoms with van der Waals surface area (Å²) in [5.41, 5.74) is 0.538. The lowest BCUT2D eigenvalue weighted by molar-refractivity contribution is -0.384. The fourth-order valence-corrected chi connectivity index (χ4v) is 3.83. The van der Waals surface area contributed by atoms with Crippen molar-refractivity contribution in [3.05, 3.63) is 32.8 Å². The second kappa shape index (κ2) is 6.88. The van der Waals surface area contributed by atoms with E-state index in [9.17, 15) is 19.7 Å². The molecule has 0 bridgehead atoms. The Balaban J connectivity index is 1.63. The van der Waals surface area contributed by atoms with Crippen LogP contribution in [0.4, 0.5) is 11.4 Å². The fraction of sp³-hybridized carbons (Fsp3) is 0.500. The molecule has 0 atom stereocenters. The molecule has 1 heterocycles. The zero-order valence-electron chi connectivity index (χ0n) is 13.0. The van der Waals surface area contributed by atoms with Crippen molar-refractivity contribution >= 4 is 39.1 Å². The first-order chi connectivity index (χ1) is 11.5. The SMILES string of the molecule is O=C1CCC(=O)N1C1CCC(Nc2ccc(Br)cc2[N+](=O)[O-])CC1. The van der Waals surface area contributed by atoms with Crippen molar-refractivity contribution in [3.63, 3.8) is 0 Å². The van der Waals surface area contributed by atoms with E-state index in [0.29, 0.717) is 23.0 Å². The van der Waals surface area contributed by atoms with E-state index in [1.165, 1.54) is 11.0 Å². The lowest BCUT2D eigenvalue weighted by atomic mass is 9.90. The molecule has 1 aromatic carbocycles. The molecule has 0 spiro atoms. The number of anilines is 1. The van der Waals surface area contributed by atoms with Crippen LogP contribution in [0.2, 0.25) is 0 Å². The van der Waals surface area contributed by atoms with Crippen LogP contribution in [0.5, 0.6) is 0 Å². The third-order valence-corrected chi connectivity index (χ3v) is 5.16. The minimum atomic E-state index is -0.402. The standard InChI is InChI=1S/C16H18BrN3O4/c17-10-1-6-13(14(9-10)20(23)24)18-11-2-4-12(5-3-11)19-15(21)7-8-16(19)22/h1,6,9,11-12,18H,2-5,7-8H2. The summed E-state index contributed by atoms with van der Waals surface area (Å²) in [6.45, 7) is 0. The van der Waals surface area contributed by atoms with Gasteiger partial charge in [-0.3, -0.25) is 24.6 Å². The molecule has 0 radical (unpaired) electrons. The number of amides is 2. The zero-order chi connectivity index (χ0) is 17.3. The zero-order valence-corrected chi connectivity index (χ0v) is 14.6. The Morgan fingerprint density at radius 1 is 1.12 bits per heavy atom. The molecular weight excluding hydrogens is 378 g/mol. The molecule has 1 saturated heterocycles. The maximum absolute atomic E-state index is 11.8. The summed E-state index contributed by atoms with van der Waals surface area (Å²) in [7, 11) is 0. The highest BCUT2D eigenvalue weighted by Gasteiger charge is 2.37. The number of halogens is 1. The molecule has 128 valence electrons. The molecule has 8 heteroatoms. The van der Waals surface area contributed by atoms with Gasteiger partial charge >= 0.3 is 0 Å². The molecule has 2 fully saturated rings. The molecule has 1 aliphatic carbocycles. The number of hydrogen-bond donors (Lipinski definition) is 1. The predicted molar refractivity (Wildman–Crippen MR) is 91.6 cm³/mol. The van der Waals surface area contributed by atoms with E-state index in [1.807, 2.05) is 0 Å². The highest BCUT2D eigenvalue weighted by molar-refractivity contribution is 9.10. The summed E-state index contributed by atoms with van der Waals surface area (Å²) in [6.07, 6.45) is 3.66. The first-order valence-corrected chi connectivity index (χ1v) is 8.80. The minimum absolute atomic E-state index is 0.0227.